The van der Waals surface area contributed by atoms with Crippen molar-refractivity contribution in [2.45, 2.75) is 19.8 Å². The van der Waals surface area contributed by atoms with Gasteiger partial charge in [0.1, 0.15) is 0 Å². The van der Waals surface area contributed by atoms with Gasteiger partial charge in [0.25, 0.3) is 0 Å². The topological polar surface area (TPSA) is 20.2 Å². The summed E-state index contributed by atoms with van der Waals surface area (Å²) in [4.78, 5) is 0. The maximum Gasteiger partial charge on any atom is 0.0462 e. The lowest BCUT2D eigenvalue weighted by Crippen LogP contribution is -2.11. The van der Waals surface area contributed by atoms with Crippen LogP contribution in [0.25, 0.3) is 0 Å². The van der Waals surface area contributed by atoms with Crippen LogP contribution in [0, 0.1) is 12.8 Å². The van der Waals surface area contributed by atoms with Crippen molar-refractivity contribution in [3.8, 4) is 0 Å². The fraction of sp³-hybridized carbons (Fsp3) is 0.538. The zero-order valence-corrected chi connectivity index (χ0v) is 10.4. The summed E-state index contributed by atoms with van der Waals surface area (Å²) >= 11 is 1.85. The van der Waals surface area contributed by atoms with Crippen molar-refractivity contribution in [1.82, 2.24) is 0 Å². The molecule has 1 nitrogen and oxygen atoms in total. The number of aryl methyl sites for hydroxylation is 1. The number of hydrogen-bond acceptors (Lipinski definition) is 2. The largest absolute Gasteiger partial charge is 0.396 e. The van der Waals surface area contributed by atoms with Gasteiger partial charge in [-0.1, -0.05) is 24.3 Å². The van der Waals surface area contributed by atoms with E-state index in [9.17, 15) is 5.11 Å². The SMILES string of the molecule is CSCCC(CO)Cc1ccccc1C. The van der Waals surface area contributed by atoms with Crippen molar-refractivity contribution < 1.29 is 5.11 Å². The Morgan fingerprint density at radius 2 is 2.07 bits per heavy atom. The van der Waals surface area contributed by atoms with Gasteiger partial charge in [0.15, 0.2) is 0 Å². The van der Waals surface area contributed by atoms with E-state index in [2.05, 4.69) is 37.4 Å². The summed E-state index contributed by atoms with van der Waals surface area (Å²) in [5, 5.41) is 9.30. The maximum atomic E-state index is 9.30. The molecule has 1 aromatic rings. The zero-order valence-electron chi connectivity index (χ0n) is 9.57. The summed E-state index contributed by atoms with van der Waals surface area (Å²) in [5.74, 6) is 1.55. The van der Waals surface area contributed by atoms with Crippen LogP contribution in [0.15, 0.2) is 24.3 Å². The molecule has 1 N–H and O–H groups in total. The zero-order chi connectivity index (χ0) is 11.1. The Balaban J connectivity index is 2.54. The van der Waals surface area contributed by atoms with Crippen LogP contribution in [0.1, 0.15) is 17.5 Å². The summed E-state index contributed by atoms with van der Waals surface area (Å²) in [6, 6.07) is 8.44. The van der Waals surface area contributed by atoms with Crippen LogP contribution in [0.5, 0.6) is 0 Å². The standard InChI is InChI=1S/C13H20OS/c1-11-5-3-4-6-13(11)9-12(10-14)7-8-15-2/h3-6,12,14H,7-10H2,1-2H3. The van der Waals surface area contributed by atoms with Gasteiger partial charge in [-0.2, -0.15) is 11.8 Å². The van der Waals surface area contributed by atoms with Gasteiger partial charge >= 0.3 is 0 Å². The smallest absolute Gasteiger partial charge is 0.0462 e. The van der Waals surface area contributed by atoms with Crippen LogP contribution in [0.3, 0.4) is 0 Å². The van der Waals surface area contributed by atoms with Gasteiger partial charge in [0.2, 0.25) is 0 Å². The molecule has 0 saturated carbocycles. The first-order chi connectivity index (χ1) is 7.27. The van der Waals surface area contributed by atoms with Gasteiger partial charge in [-0.15, -0.1) is 0 Å². The molecular formula is C13H20OS. The molecule has 0 radical (unpaired) electrons. The van der Waals surface area contributed by atoms with E-state index in [4.69, 9.17) is 0 Å². The Kier molecular flexibility index (Phi) is 5.81. The summed E-state index contributed by atoms with van der Waals surface area (Å²) < 4.78 is 0. The second-order valence-corrected chi connectivity index (χ2v) is 4.95. The minimum atomic E-state index is 0.300. The van der Waals surface area contributed by atoms with Crippen LogP contribution >= 0.6 is 11.8 Å². The second kappa shape index (κ2) is 6.91. The van der Waals surface area contributed by atoms with E-state index in [0.29, 0.717) is 12.5 Å². The first-order valence-electron chi connectivity index (χ1n) is 5.42. The molecule has 0 bridgehead atoms. The molecule has 1 atom stereocenters. The number of aliphatic hydroxyl groups excluding tert-OH is 1. The van der Waals surface area contributed by atoms with Crippen molar-refractivity contribution in [3.63, 3.8) is 0 Å². The molecule has 84 valence electrons. The van der Waals surface area contributed by atoms with Crippen LogP contribution < -0.4 is 0 Å². The van der Waals surface area contributed by atoms with E-state index in [1.165, 1.54) is 11.1 Å². The normalized spacial score (nSPS) is 12.7. The number of rotatable bonds is 6. The summed E-state index contributed by atoms with van der Waals surface area (Å²) in [5.41, 5.74) is 2.71. The van der Waals surface area contributed by atoms with Crippen LogP contribution in [0.2, 0.25) is 0 Å². The number of benzene rings is 1. The molecule has 0 spiro atoms. The highest BCUT2D eigenvalue weighted by Gasteiger charge is 2.09. The monoisotopic (exact) mass is 224 g/mol. The molecular weight excluding hydrogens is 204 g/mol. The van der Waals surface area contributed by atoms with E-state index in [0.717, 1.165) is 18.6 Å². The van der Waals surface area contributed by atoms with E-state index < -0.39 is 0 Å². The minimum Gasteiger partial charge on any atom is -0.396 e. The van der Waals surface area contributed by atoms with Crippen LogP contribution in [-0.4, -0.2) is 23.7 Å². The van der Waals surface area contributed by atoms with Crippen LogP contribution in [-0.2, 0) is 6.42 Å². The average Bonchev–Trinajstić information content (AvgIpc) is 2.26. The maximum absolute atomic E-state index is 9.30. The van der Waals surface area contributed by atoms with Gasteiger partial charge in [-0.3, -0.25) is 0 Å². The van der Waals surface area contributed by atoms with E-state index in [-0.39, 0.29) is 0 Å². The lowest BCUT2D eigenvalue weighted by Gasteiger charge is -2.14. The van der Waals surface area contributed by atoms with Gasteiger partial charge in [0.05, 0.1) is 0 Å². The van der Waals surface area contributed by atoms with Gasteiger partial charge < -0.3 is 5.11 Å². The van der Waals surface area contributed by atoms with Gasteiger partial charge in [0, 0.05) is 6.61 Å². The molecule has 0 amide bonds. The molecule has 0 aliphatic carbocycles. The molecule has 0 aromatic heterocycles. The Morgan fingerprint density at radius 1 is 1.33 bits per heavy atom. The average molecular weight is 224 g/mol. The third-order valence-electron chi connectivity index (χ3n) is 2.76. The summed E-state index contributed by atoms with van der Waals surface area (Å²) in [7, 11) is 0. The highest BCUT2D eigenvalue weighted by Crippen LogP contribution is 2.16. The van der Waals surface area contributed by atoms with Gasteiger partial charge in [-0.05, 0) is 48.8 Å². The predicted octanol–water partition coefficient (Wildman–Crippen LogP) is 2.90. The fourth-order valence-electron chi connectivity index (χ4n) is 1.69. The number of aliphatic hydroxyl groups is 1. The van der Waals surface area contributed by atoms with E-state index >= 15 is 0 Å². The van der Waals surface area contributed by atoms with Crippen molar-refractivity contribution in [3.05, 3.63) is 35.4 Å². The summed E-state index contributed by atoms with van der Waals surface area (Å²) in [6.07, 6.45) is 4.22. The molecule has 15 heavy (non-hydrogen) atoms. The van der Waals surface area contributed by atoms with Crippen LogP contribution in [0.4, 0.5) is 0 Å². The van der Waals surface area contributed by atoms with Crippen molar-refractivity contribution >= 4 is 11.8 Å². The first-order valence-corrected chi connectivity index (χ1v) is 6.81. The molecule has 1 aromatic carbocycles. The second-order valence-electron chi connectivity index (χ2n) is 3.96. The van der Waals surface area contributed by atoms with Crippen molar-refractivity contribution in [2.24, 2.45) is 5.92 Å². The first kappa shape index (κ1) is 12.6. The molecule has 1 rings (SSSR count). The lowest BCUT2D eigenvalue weighted by atomic mass is 9.95. The molecule has 1 unspecified atom stereocenters. The Hall–Kier alpha value is -0.470. The highest BCUT2D eigenvalue weighted by atomic mass is 32.2. The molecule has 0 aliphatic heterocycles. The Bertz CT molecular complexity index is 286. The molecule has 0 saturated heterocycles. The fourth-order valence-corrected chi connectivity index (χ4v) is 2.26. The molecule has 0 fully saturated rings. The van der Waals surface area contributed by atoms with E-state index in [1.54, 1.807) is 0 Å². The Labute approximate surface area is 96.9 Å². The highest BCUT2D eigenvalue weighted by molar-refractivity contribution is 7.98. The third kappa shape index (κ3) is 4.27. The molecule has 0 heterocycles. The quantitative estimate of drug-likeness (QED) is 0.802. The lowest BCUT2D eigenvalue weighted by molar-refractivity contribution is 0.223. The minimum absolute atomic E-state index is 0.300. The van der Waals surface area contributed by atoms with Crippen molar-refractivity contribution in [1.29, 1.82) is 0 Å². The predicted molar refractivity (Wildman–Crippen MR) is 68.5 cm³/mol. The number of hydrogen-bond donors (Lipinski definition) is 1. The molecule has 2 heteroatoms. The number of thioether (sulfide) groups is 1. The third-order valence-corrected chi connectivity index (χ3v) is 3.40. The Morgan fingerprint density at radius 3 is 2.67 bits per heavy atom. The van der Waals surface area contributed by atoms with Crippen molar-refractivity contribution in [2.75, 3.05) is 18.6 Å². The summed E-state index contributed by atoms with van der Waals surface area (Å²) in [6.45, 7) is 2.44. The molecule has 0 aliphatic rings. The van der Waals surface area contributed by atoms with Gasteiger partial charge in [-0.25, -0.2) is 0 Å². The van der Waals surface area contributed by atoms with E-state index in [1.807, 2.05) is 11.8 Å².